The fraction of sp³-hybridized carbons (Fsp3) is 0.318. The van der Waals surface area contributed by atoms with E-state index in [2.05, 4.69) is 9.97 Å². The number of H-pyrrole nitrogens is 1. The molecule has 1 atom stereocenters. The number of nitrogens with zero attached hydrogens (tertiary/aromatic N) is 2. The quantitative estimate of drug-likeness (QED) is 0.742. The maximum Gasteiger partial charge on any atom is 0.253 e. The lowest BCUT2D eigenvalue weighted by molar-refractivity contribution is -0.142. The summed E-state index contributed by atoms with van der Waals surface area (Å²) in [6.45, 7) is 3.23. The van der Waals surface area contributed by atoms with Crippen LogP contribution < -0.4 is 5.56 Å². The third-order valence-corrected chi connectivity index (χ3v) is 5.05. The van der Waals surface area contributed by atoms with Gasteiger partial charge in [0, 0.05) is 36.6 Å². The average molecular weight is 377 g/mol. The maximum atomic E-state index is 13.1. The lowest BCUT2D eigenvalue weighted by Crippen LogP contribution is -2.39. The fourth-order valence-corrected chi connectivity index (χ4v) is 3.59. The predicted octanol–water partition coefficient (Wildman–Crippen LogP) is 2.94. The number of aromatic amines is 1. The molecule has 0 saturated carbocycles. The number of benzene rings is 1. The minimum atomic E-state index is -0.432. The highest BCUT2D eigenvalue weighted by Crippen LogP contribution is 2.19. The molecule has 3 heterocycles. The first-order valence-electron chi connectivity index (χ1n) is 9.52. The van der Waals surface area contributed by atoms with E-state index >= 15 is 0 Å². The van der Waals surface area contributed by atoms with Crippen LogP contribution in [0.1, 0.15) is 29.5 Å². The fourth-order valence-electron chi connectivity index (χ4n) is 3.59. The largest absolute Gasteiger partial charge is 0.368 e. The van der Waals surface area contributed by atoms with Crippen molar-refractivity contribution in [3.05, 3.63) is 75.8 Å². The Labute approximate surface area is 163 Å². The van der Waals surface area contributed by atoms with E-state index in [0.717, 1.165) is 34.9 Å². The molecule has 0 spiro atoms. The lowest BCUT2D eigenvalue weighted by atomic mass is 10.1. The molecule has 0 unspecified atom stereocenters. The number of hydrogen-bond donors (Lipinski definition) is 1. The van der Waals surface area contributed by atoms with Crippen molar-refractivity contribution in [2.45, 2.75) is 39.0 Å². The van der Waals surface area contributed by atoms with Crippen molar-refractivity contribution in [2.75, 3.05) is 6.61 Å². The van der Waals surface area contributed by atoms with Gasteiger partial charge in [0.05, 0.1) is 6.54 Å². The van der Waals surface area contributed by atoms with Crippen LogP contribution in [0.15, 0.2) is 53.6 Å². The molecule has 1 amide bonds. The number of hydrogen-bond acceptors (Lipinski definition) is 4. The van der Waals surface area contributed by atoms with Crippen LogP contribution in [0, 0.1) is 6.92 Å². The first-order chi connectivity index (χ1) is 13.6. The molecule has 1 fully saturated rings. The summed E-state index contributed by atoms with van der Waals surface area (Å²) in [5.74, 6) is -0.0786. The normalized spacial score (nSPS) is 16.4. The van der Waals surface area contributed by atoms with Gasteiger partial charge in [-0.3, -0.25) is 14.6 Å². The van der Waals surface area contributed by atoms with Gasteiger partial charge in [0.25, 0.3) is 11.5 Å². The van der Waals surface area contributed by atoms with Crippen LogP contribution in [0.4, 0.5) is 0 Å². The highest BCUT2D eigenvalue weighted by atomic mass is 16.5. The number of nitrogens with one attached hydrogen (secondary N) is 1. The number of aryl methyl sites for hydroxylation is 1. The molecule has 0 bridgehead atoms. The van der Waals surface area contributed by atoms with Crippen LogP contribution in [0.3, 0.4) is 0 Å². The van der Waals surface area contributed by atoms with Crippen molar-refractivity contribution in [2.24, 2.45) is 0 Å². The van der Waals surface area contributed by atoms with E-state index < -0.39 is 6.10 Å². The van der Waals surface area contributed by atoms with Crippen molar-refractivity contribution in [1.82, 2.24) is 14.9 Å². The molecule has 6 heteroatoms. The molecule has 1 aliphatic rings. The Morgan fingerprint density at radius 3 is 2.93 bits per heavy atom. The third-order valence-electron chi connectivity index (χ3n) is 5.05. The van der Waals surface area contributed by atoms with Crippen LogP contribution in [-0.4, -0.2) is 33.5 Å². The van der Waals surface area contributed by atoms with Crippen molar-refractivity contribution >= 4 is 16.8 Å². The Bertz CT molecular complexity index is 1040. The highest BCUT2D eigenvalue weighted by Gasteiger charge is 2.29. The van der Waals surface area contributed by atoms with Crippen molar-refractivity contribution < 1.29 is 9.53 Å². The van der Waals surface area contributed by atoms with E-state index in [0.29, 0.717) is 18.7 Å². The van der Waals surface area contributed by atoms with E-state index in [1.54, 1.807) is 17.3 Å². The van der Waals surface area contributed by atoms with Crippen molar-refractivity contribution in [1.29, 1.82) is 0 Å². The summed E-state index contributed by atoms with van der Waals surface area (Å²) in [6, 6.07) is 11.5. The SMILES string of the molecule is Cc1ccc2[nH]c(=O)c(CN(Cc3cccnc3)C(=O)[C@@H]3CCCO3)cc2c1. The van der Waals surface area contributed by atoms with Gasteiger partial charge in [-0.15, -0.1) is 0 Å². The maximum absolute atomic E-state index is 13.1. The van der Waals surface area contributed by atoms with Gasteiger partial charge in [0.15, 0.2) is 0 Å². The third kappa shape index (κ3) is 3.97. The Hall–Kier alpha value is -2.99. The molecular weight excluding hydrogens is 354 g/mol. The molecule has 28 heavy (non-hydrogen) atoms. The number of carbonyl (C=O) groups is 1. The van der Waals surface area contributed by atoms with Crippen LogP contribution in [-0.2, 0) is 22.6 Å². The second-order valence-corrected chi connectivity index (χ2v) is 7.27. The predicted molar refractivity (Wildman–Crippen MR) is 107 cm³/mol. The summed E-state index contributed by atoms with van der Waals surface area (Å²) in [5, 5.41) is 0.959. The van der Waals surface area contributed by atoms with Gasteiger partial charge in [-0.1, -0.05) is 17.7 Å². The Morgan fingerprint density at radius 1 is 1.29 bits per heavy atom. The minimum Gasteiger partial charge on any atom is -0.368 e. The zero-order chi connectivity index (χ0) is 19.5. The average Bonchev–Trinajstić information content (AvgIpc) is 3.23. The minimum absolute atomic E-state index is 0.0786. The van der Waals surface area contributed by atoms with Crippen molar-refractivity contribution in [3.63, 3.8) is 0 Å². The van der Waals surface area contributed by atoms with Crippen molar-refractivity contribution in [3.8, 4) is 0 Å². The first-order valence-corrected chi connectivity index (χ1v) is 9.52. The Kier molecular flexibility index (Phi) is 5.21. The van der Waals surface area contributed by atoms with Gasteiger partial charge >= 0.3 is 0 Å². The molecule has 0 radical (unpaired) electrons. The van der Waals surface area contributed by atoms with E-state index in [1.165, 1.54) is 0 Å². The van der Waals surface area contributed by atoms with Crippen LogP contribution in [0.25, 0.3) is 10.9 Å². The van der Waals surface area contributed by atoms with E-state index in [4.69, 9.17) is 4.74 Å². The van der Waals surface area contributed by atoms with Gasteiger partial charge in [-0.05, 0) is 55.0 Å². The van der Waals surface area contributed by atoms with Gasteiger partial charge in [0.1, 0.15) is 6.10 Å². The van der Waals surface area contributed by atoms with E-state index in [-0.39, 0.29) is 18.0 Å². The van der Waals surface area contributed by atoms with E-state index in [9.17, 15) is 9.59 Å². The standard InChI is InChI=1S/C22H23N3O3/c1-15-6-7-19-17(10-15)11-18(21(26)24-19)14-25(13-16-4-2-8-23-12-16)22(27)20-5-3-9-28-20/h2,4,6-8,10-12,20H,3,5,9,13-14H2,1H3,(H,24,26)/t20-/m0/s1. The molecule has 144 valence electrons. The number of carbonyl (C=O) groups excluding carboxylic acids is 1. The number of fused-ring (bicyclic) bond motifs is 1. The molecule has 1 N–H and O–H groups in total. The molecule has 4 rings (SSSR count). The summed E-state index contributed by atoms with van der Waals surface area (Å²) in [6.07, 6.45) is 4.61. The van der Waals surface area contributed by atoms with Gasteiger partial charge in [0.2, 0.25) is 0 Å². The number of aromatic nitrogens is 2. The number of rotatable bonds is 5. The van der Waals surface area contributed by atoms with Gasteiger partial charge < -0.3 is 14.6 Å². The smallest absolute Gasteiger partial charge is 0.253 e. The lowest BCUT2D eigenvalue weighted by Gasteiger charge is -2.25. The second kappa shape index (κ2) is 7.94. The molecule has 1 aromatic carbocycles. The first kappa shape index (κ1) is 18.4. The molecule has 2 aromatic heterocycles. The van der Waals surface area contributed by atoms with Gasteiger partial charge in [-0.25, -0.2) is 0 Å². The zero-order valence-electron chi connectivity index (χ0n) is 15.9. The second-order valence-electron chi connectivity index (χ2n) is 7.27. The summed E-state index contributed by atoms with van der Waals surface area (Å²) < 4.78 is 5.59. The molecule has 0 aliphatic carbocycles. The number of amides is 1. The molecular formula is C22H23N3O3. The summed E-state index contributed by atoms with van der Waals surface area (Å²) in [4.78, 5) is 34.4. The summed E-state index contributed by atoms with van der Waals surface area (Å²) in [5.41, 5.74) is 3.22. The van der Waals surface area contributed by atoms with E-state index in [1.807, 2.05) is 43.3 Å². The van der Waals surface area contributed by atoms with Crippen LogP contribution in [0.2, 0.25) is 0 Å². The Balaban J connectivity index is 1.66. The summed E-state index contributed by atoms with van der Waals surface area (Å²) >= 11 is 0. The molecule has 1 aliphatic heterocycles. The summed E-state index contributed by atoms with van der Waals surface area (Å²) in [7, 11) is 0. The highest BCUT2D eigenvalue weighted by molar-refractivity contribution is 5.82. The van der Waals surface area contributed by atoms with Gasteiger partial charge in [-0.2, -0.15) is 0 Å². The monoisotopic (exact) mass is 377 g/mol. The topological polar surface area (TPSA) is 75.3 Å². The Morgan fingerprint density at radius 2 is 2.18 bits per heavy atom. The molecule has 6 nitrogen and oxygen atoms in total. The zero-order valence-corrected chi connectivity index (χ0v) is 15.9. The number of ether oxygens (including phenoxy) is 1. The van der Waals surface area contributed by atoms with Crippen LogP contribution in [0.5, 0.6) is 0 Å². The molecule has 1 saturated heterocycles. The van der Waals surface area contributed by atoms with Crippen LogP contribution >= 0.6 is 0 Å². The number of pyridine rings is 2. The molecule has 3 aromatic rings.